The van der Waals surface area contributed by atoms with E-state index in [2.05, 4.69) is 4.98 Å². The minimum Gasteiger partial charge on any atom is -0.462 e. The van der Waals surface area contributed by atoms with Crippen LogP contribution in [0.3, 0.4) is 0 Å². The number of aliphatic hydroxyl groups excluding tert-OH is 1. The molecule has 2 rings (SSSR count). The third-order valence-corrected chi connectivity index (χ3v) is 3.50. The van der Waals surface area contributed by atoms with Crippen LogP contribution in [-0.2, 0) is 11.3 Å². The second kappa shape index (κ2) is 5.94. The highest BCUT2D eigenvalue weighted by Crippen LogP contribution is 2.21. The van der Waals surface area contributed by atoms with Crippen LogP contribution in [0.25, 0.3) is 10.2 Å². The summed E-state index contributed by atoms with van der Waals surface area (Å²) < 4.78 is 6.32. The Balaban J connectivity index is 2.50. The summed E-state index contributed by atoms with van der Waals surface area (Å²) in [7, 11) is 0. The number of ether oxygens (including phenoxy) is 1. The van der Waals surface area contributed by atoms with Gasteiger partial charge in [-0.05, 0) is 13.3 Å². The van der Waals surface area contributed by atoms with E-state index >= 15 is 0 Å². The molecule has 0 saturated carbocycles. The standard InChI is InChI=1S/C12H14N2O4S/c1-2-18-12(17)8-6-19-10-9(8)11(16)14(7-13-10)4-3-5-15/h6-7,15H,2-5H2,1H3. The lowest BCUT2D eigenvalue weighted by atomic mass is 10.2. The Morgan fingerprint density at radius 1 is 1.58 bits per heavy atom. The molecule has 2 aromatic rings. The number of thiophene rings is 1. The molecule has 0 aliphatic carbocycles. The zero-order valence-corrected chi connectivity index (χ0v) is 11.3. The van der Waals surface area contributed by atoms with Crippen molar-refractivity contribution in [3.8, 4) is 0 Å². The number of aliphatic hydroxyl groups is 1. The third kappa shape index (κ3) is 2.66. The molecule has 0 aromatic carbocycles. The maximum Gasteiger partial charge on any atom is 0.339 e. The van der Waals surface area contributed by atoms with Gasteiger partial charge in [0.1, 0.15) is 4.83 Å². The second-order valence-corrected chi connectivity index (χ2v) is 4.73. The van der Waals surface area contributed by atoms with Gasteiger partial charge in [0, 0.05) is 18.5 Å². The van der Waals surface area contributed by atoms with E-state index in [-0.39, 0.29) is 24.3 Å². The lowest BCUT2D eigenvalue weighted by molar-refractivity contribution is 0.0529. The summed E-state index contributed by atoms with van der Waals surface area (Å²) in [5, 5.41) is 10.7. The van der Waals surface area contributed by atoms with Crippen LogP contribution in [-0.4, -0.2) is 33.8 Å². The van der Waals surface area contributed by atoms with Gasteiger partial charge < -0.3 is 9.84 Å². The summed E-state index contributed by atoms with van der Waals surface area (Å²) in [6.07, 6.45) is 1.90. The van der Waals surface area contributed by atoms with E-state index in [1.54, 1.807) is 12.3 Å². The number of nitrogens with zero attached hydrogens (tertiary/aromatic N) is 2. The Hall–Kier alpha value is -1.73. The summed E-state index contributed by atoms with van der Waals surface area (Å²) in [6.45, 7) is 2.34. The van der Waals surface area contributed by atoms with Crippen LogP contribution in [0.4, 0.5) is 0 Å². The van der Waals surface area contributed by atoms with Crippen LogP contribution in [0.1, 0.15) is 23.7 Å². The lowest BCUT2D eigenvalue weighted by Gasteiger charge is -2.04. The van der Waals surface area contributed by atoms with E-state index in [0.29, 0.717) is 23.2 Å². The zero-order chi connectivity index (χ0) is 13.8. The van der Waals surface area contributed by atoms with Crippen molar-refractivity contribution < 1.29 is 14.6 Å². The van der Waals surface area contributed by atoms with E-state index in [0.717, 1.165) is 0 Å². The Morgan fingerprint density at radius 2 is 2.37 bits per heavy atom. The molecule has 0 bridgehead atoms. The average Bonchev–Trinajstić information content (AvgIpc) is 2.83. The number of aryl methyl sites for hydroxylation is 1. The van der Waals surface area contributed by atoms with Crippen molar-refractivity contribution >= 4 is 27.5 Å². The van der Waals surface area contributed by atoms with Crippen molar-refractivity contribution in [1.29, 1.82) is 0 Å². The molecule has 0 aliphatic heterocycles. The van der Waals surface area contributed by atoms with Gasteiger partial charge in [-0.2, -0.15) is 0 Å². The maximum absolute atomic E-state index is 12.3. The highest BCUT2D eigenvalue weighted by Gasteiger charge is 2.18. The number of rotatable bonds is 5. The van der Waals surface area contributed by atoms with Crippen LogP contribution in [0.2, 0.25) is 0 Å². The van der Waals surface area contributed by atoms with Crippen molar-refractivity contribution in [1.82, 2.24) is 9.55 Å². The Kier molecular flexibility index (Phi) is 4.28. The monoisotopic (exact) mass is 282 g/mol. The predicted octanol–water partition coefficient (Wildman–Crippen LogP) is 1.02. The van der Waals surface area contributed by atoms with Gasteiger partial charge in [-0.15, -0.1) is 11.3 Å². The van der Waals surface area contributed by atoms with Crippen molar-refractivity contribution in [3.05, 3.63) is 27.6 Å². The van der Waals surface area contributed by atoms with Gasteiger partial charge in [0.05, 0.1) is 23.9 Å². The third-order valence-electron chi connectivity index (χ3n) is 2.61. The van der Waals surface area contributed by atoms with E-state index in [1.807, 2.05) is 0 Å². The Morgan fingerprint density at radius 3 is 3.05 bits per heavy atom. The number of esters is 1. The smallest absolute Gasteiger partial charge is 0.339 e. The fourth-order valence-corrected chi connectivity index (χ4v) is 2.59. The first-order chi connectivity index (χ1) is 9.19. The molecule has 0 amide bonds. The molecule has 0 radical (unpaired) electrons. The van der Waals surface area contributed by atoms with Gasteiger partial charge in [-0.3, -0.25) is 9.36 Å². The lowest BCUT2D eigenvalue weighted by Crippen LogP contribution is -2.22. The van der Waals surface area contributed by atoms with E-state index in [4.69, 9.17) is 9.84 Å². The van der Waals surface area contributed by atoms with Crippen LogP contribution in [0, 0.1) is 0 Å². The summed E-state index contributed by atoms with van der Waals surface area (Å²) >= 11 is 1.24. The van der Waals surface area contributed by atoms with Gasteiger partial charge in [0.15, 0.2) is 0 Å². The quantitative estimate of drug-likeness (QED) is 0.828. The van der Waals surface area contributed by atoms with Gasteiger partial charge in [-0.25, -0.2) is 9.78 Å². The first kappa shape index (κ1) is 13.7. The van der Waals surface area contributed by atoms with Crippen molar-refractivity contribution in [3.63, 3.8) is 0 Å². The number of hydrogen-bond donors (Lipinski definition) is 1. The molecule has 1 N–H and O–H groups in total. The largest absolute Gasteiger partial charge is 0.462 e. The number of fused-ring (bicyclic) bond motifs is 1. The molecule has 0 fully saturated rings. The Bertz CT molecular complexity index is 647. The van der Waals surface area contributed by atoms with E-state index in [1.165, 1.54) is 22.2 Å². The average molecular weight is 282 g/mol. The van der Waals surface area contributed by atoms with Gasteiger partial charge in [0.25, 0.3) is 5.56 Å². The summed E-state index contributed by atoms with van der Waals surface area (Å²) in [6, 6.07) is 0. The van der Waals surface area contributed by atoms with E-state index < -0.39 is 5.97 Å². The second-order valence-electron chi connectivity index (χ2n) is 3.87. The molecule has 0 saturated heterocycles. The minimum atomic E-state index is -0.507. The van der Waals surface area contributed by atoms with Crippen molar-refractivity contribution in [2.24, 2.45) is 0 Å². The number of carbonyl (C=O) groups is 1. The minimum absolute atomic E-state index is 0.00114. The molecule has 102 valence electrons. The summed E-state index contributed by atoms with van der Waals surface area (Å²) in [5.41, 5.74) is -0.0135. The number of carbonyl (C=O) groups excluding carboxylic acids is 1. The molecule has 2 aromatic heterocycles. The SMILES string of the molecule is CCOC(=O)c1csc2ncn(CCCO)c(=O)c12. The zero-order valence-electron chi connectivity index (χ0n) is 10.5. The molecule has 0 spiro atoms. The summed E-state index contributed by atoms with van der Waals surface area (Å²) in [4.78, 5) is 28.7. The molecule has 2 heterocycles. The van der Waals surface area contributed by atoms with Crippen LogP contribution >= 0.6 is 11.3 Å². The molecule has 7 heteroatoms. The number of hydrogen-bond acceptors (Lipinski definition) is 6. The van der Waals surface area contributed by atoms with Crippen molar-refractivity contribution in [2.75, 3.05) is 13.2 Å². The highest BCUT2D eigenvalue weighted by atomic mass is 32.1. The van der Waals surface area contributed by atoms with Crippen molar-refractivity contribution in [2.45, 2.75) is 19.9 Å². The molecule has 0 unspecified atom stereocenters. The Labute approximate surface area is 113 Å². The molecule has 0 aliphatic rings. The molecule has 19 heavy (non-hydrogen) atoms. The molecule has 6 nitrogen and oxygen atoms in total. The topological polar surface area (TPSA) is 81.4 Å². The first-order valence-corrected chi connectivity index (χ1v) is 6.81. The van der Waals surface area contributed by atoms with E-state index in [9.17, 15) is 9.59 Å². The van der Waals surface area contributed by atoms with Crippen LogP contribution in [0.5, 0.6) is 0 Å². The van der Waals surface area contributed by atoms with Gasteiger partial charge >= 0.3 is 5.97 Å². The normalized spacial score (nSPS) is 10.8. The highest BCUT2D eigenvalue weighted by molar-refractivity contribution is 7.17. The fourth-order valence-electron chi connectivity index (χ4n) is 1.73. The number of aromatic nitrogens is 2. The van der Waals surface area contributed by atoms with Gasteiger partial charge in [-0.1, -0.05) is 0 Å². The fraction of sp³-hybridized carbons (Fsp3) is 0.417. The molecular formula is C12H14N2O4S. The predicted molar refractivity (Wildman–Crippen MR) is 71.5 cm³/mol. The van der Waals surface area contributed by atoms with Crippen LogP contribution in [0.15, 0.2) is 16.5 Å². The molecular weight excluding hydrogens is 268 g/mol. The first-order valence-electron chi connectivity index (χ1n) is 5.93. The van der Waals surface area contributed by atoms with Gasteiger partial charge in [0.2, 0.25) is 0 Å². The maximum atomic E-state index is 12.3. The van der Waals surface area contributed by atoms with Crippen LogP contribution < -0.4 is 5.56 Å². The molecule has 0 atom stereocenters. The summed E-state index contributed by atoms with van der Waals surface area (Å²) in [5.74, 6) is -0.507.